The van der Waals surface area contributed by atoms with Crippen LogP contribution in [-0.4, -0.2) is 11.6 Å². The molecule has 18 heavy (non-hydrogen) atoms. The van der Waals surface area contributed by atoms with Gasteiger partial charge in [-0.1, -0.05) is 0 Å². The molecular weight excluding hydrogens is 239 g/mol. The molecule has 0 unspecified atom stereocenters. The Kier molecular flexibility index (Phi) is 3.99. The molecule has 0 aliphatic carbocycles. The van der Waals surface area contributed by atoms with E-state index in [1.807, 2.05) is 34.6 Å². The van der Waals surface area contributed by atoms with Gasteiger partial charge in [0.2, 0.25) is 0 Å². The molecule has 0 aliphatic heterocycles. The monoisotopic (exact) mass is 259 g/mol. The first-order valence-corrected chi connectivity index (χ1v) is 6.00. The second-order valence-corrected chi connectivity index (χ2v) is 5.68. The molecule has 0 amide bonds. The lowest BCUT2D eigenvalue weighted by molar-refractivity contribution is -0.137. The van der Waals surface area contributed by atoms with Crippen LogP contribution in [0.4, 0.5) is 18.9 Å². The van der Waals surface area contributed by atoms with E-state index >= 15 is 0 Å². The molecule has 0 aliphatic rings. The standard InChI is InChI=1S/C14H20F3N/c1-10(2)18(13(3,4)5)12-8-6-11(7-9-12)14(15,16)17/h6-10H,1-5H3. The maximum absolute atomic E-state index is 12.5. The van der Waals surface area contributed by atoms with Gasteiger partial charge in [0.05, 0.1) is 5.56 Å². The van der Waals surface area contributed by atoms with Crippen LogP contribution in [0.5, 0.6) is 0 Å². The second kappa shape index (κ2) is 4.82. The van der Waals surface area contributed by atoms with Gasteiger partial charge in [0.15, 0.2) is 0 Å². The van der Waals surface area contributed by atoms with Crippen molar-refractivity contribution in [2.24, 2.45) is 0 Å². The van der Waals surface area contributed by atoms with Gasteiger partial charge in [0.25, 0.3) is 0 Å². The summed E-state index contributed by atoms with van der Waals surface area (Å²) in [6.45, 7) is 10.2. The van der Waals surface area contributed by atoms with Gasteiger partial charge in [-0.05, 0) is 58.9 Å². The molecule has 1 aromatic carbocycles. The Balaban J connectivity index is 3.10. The van der Waals surface area contributed by atoms with Crippen LogP contribution in [-0.2, 0) is 6.18 Å². The molecule has 0 atom stereocenters. The number of anilines is 1. The average molecular weight is 259 g/mol. The fraction of sp³-hybridized carbons (Fsp3) is 0.571. The smallest absolute Gasteiger partial charge is 0.364 e. The molecule has 4 heteroatoms. The van der Waals surface area contributed by atoms with E-state index in [1.165, 1.54) is 12.1 Å². The lowest BCUT2D eigenvalue weighted by atomic mass is 10.0. The van der Waals surface area contributed by atoms with Gasteiger partial charge in [-0.15, -0.1) is 0 Å². The second-order valence-electron chi connectivity index (χ2n) is 5.68. The van der Waals surface area contributed by atoms with Crippen molar-refractivity contribution in [2.45, 2.75) is 52.4 Å². The van der Waals surface area contributed by atoms with Gasteiger partial charge in [0.1, 0.15) is 0 Å². The predicted molar refractivity (Wildman–Crippen MR) is 68.8 cm³/mol. The van der Waals surface area contributed by atoms with E-state index in [2.05, 4.69) is 4.90 Å². The van der Waals surface area contributed by atoms with Crippen LogP contribution in [0.15, 0.2) is 24.3 Å². The Morgan fingerprint density at radius 1 is 0.944 bits per heavy atom. The van der Waals surface area contributed by atoms with Gasteiger partial charge in [-0.2, -0.15) is 13.2 Å². The van der Waals surface area contributed by atoms with E-state index in [-0.39, 0.29) is 11.6 Å². The lowest BCUT2D eigenvalue weighted by Crippen LogP contribution is -2.46. The summed E-state index contributed by atoms with van der Waals surface area (Å²) < 4.78 is 37.5. The number of hydrogen-bond acceptors (Lipinski definition) is 1. The number of nitrogens with zero attached hydrogens (tertiary/aromatic N) is 1. The highest BCUT2D eigenvalue weighted by Gasteiger charge is 2.31. The lowest BCUT2D eigenvalue weighted by Gasteiger charge is -2.41. The quantitative estimate of drug-likeness (QED) is 0.743. The normalized spacial score (nSPS) is 12.9. The van der Waals surface area contributed by atoms with Crippen molar-refractivity contribution in [2.75, 3.05) is 4.90 Å². The van der Waals surface area contributed by atoms with Gasteiger partial charge >= 0.3 is 6.18 Å². The SMILES string of the molecule is CC(C)N(c1ccc(C(F)(F)F)cc1)C(C)(C)C. The Bertz CT molecular complexity index is 385. The third-order valence-corrected chi connectivity index (χ3v) is 2.71. The number of hydrogen-bond donors (Lipinski definition) is 0. The van der Waals surface area contributed by atoms with Crippen molar-refractivity contribution in [3.8, 4) is 0 Å². The Labute approximate surface area is 107 Å². The maximum atomic E-state index is 12.5. The van der Waals surface area contributed by atoms with Crippen molar-refractivity contribution in [3.63, 3.8) is 0 Å². The van der Waals surface area contributed by atoms with E-state index in [0.29, 0.717) is 0 Å². The van der Waals surface area contributed by atoms with E-state index in [9.17, 15) is 13.2 Å². The molecule has 0 aromatic heterocycles. The first-order chi connectivity index (χ1) is 8.03. The average Bonchev–Trinajstić information content (AvgIpc) is 2.13. The number of benzene rings is 1. The van der Waals surface area contributed by atoms with Gasteiger partial charge < -0.3 is 4.90 Å². The molecule has 0 N–H and O–H groups in total. The first kappa shape index (κ1) is 14.9. The van der Waals surface area contributed by atoms with Crippen LogP contribution in [0.1, 0.15) is 40.2 Å². The number of rotatable bonds is 2. The fourth-order valence-corrected chi connectivity index (χ4v) is 2.27. The van der Waals surface area contributed by atoms with E-state index in [1.54, 1.807) is 0 Å². The van der Waals surface area contributed by atoms with Crippen LogP contribution in [0, 0.1) is 0 Å². The molecule has 1 nitrogen and oxygen atoms in total. The molecule has 102 valence electrons. The largest absolute Gasteiger partial charge is 0.416 e. The highest BCUT2D eigenvalue weighted by molar-refractivity contribution is 5.50. The summed E-state index contributed by atoms with van der Waals surface area (Å²) in [5, 5.41) is 0. The van der Waals surface area contributed by atoms with E-state index < -0.39 is 11.7 Å². The molecule has 0 heterocycles. The first-order valence-electron chi connectivity index (χ1n) is 6.00. The van der Waals surface area contributed by atoms with E-state index in [0.717, 1.165) is 17.8 Å². The number of halogens is 3. The fourth-order valence-electron chi connectivity index (χ4n) is 2.27. The number of alkyl halides is 3. The van der Waals surface area contributed by atoms with Crippen molar-refractivity contribution in [3.05, 3.63) is 29.8 Å². The van der Waals surface area contributed by atoms with Gasteiger partial charge in [-0.3, -0.25) is 0 Å². The van der Waals surface area contributed by atoms with Gasteiger partial charge in [0, 0.05) is 17.3 Å². The summed E-state index contributed by atoms with van der Waals surface area (Å²) in [4.78, 5) is 2.10. The van der Waals surface area contributed by atoms with Crippen LogP contribution < -0.4 is 4.90 Å². The Morgan fingerprint density at radius 3 is 1.67 bits per heavy atom. The minimum atomic E-state index is -4.27. The maximum Gasteiger partial charge on any atom is 0.416 e. The van der Waals surface area contributed by atoms with E-state index in [4.69, 9.17) is 0 Å². The molecule has 0 saturated carbocycles. The molecule has 1 rings (SSSR count). The highest BCUT2D eigenvalue weighted by Crippen LogP contribution is 2.32. The molecule has 0 fully saturated rings. The summed E-state index contributed by atoms with van der Waals surface area (Å²) in [7, 11) is 0. The highest BCUT2D eigenvalue weighted by atomic mass is 19.4. The zero-order valence-corrected chi connectivity index (χ0v) is 11.5. The molecule has 0 spiro atoms. The molecule has 0 bridgehead atoms. The molecule has 1 aromatic rings. The van der Waals surface area contributed by atoms with Crippen LogP contribution in [0.25, 0.3) is 0 Å². The van der Waals surface area contributed by atoms with Crippen molar-refractivity contribution < 1.29 is 13.2 Å². The zero-order valence-electron chi connectivity index (χ0n) is 11.5. The van der Waals surface area contributed by atoms with Crippen molar-refractivity contribution in [1.82, 2.24) is 0 Å². The van der Waals surface area contributed by atoms with Gasteiger partial charge in [-0.25, -0.2) is 0 Å². The van der Waals surface area contributed by atoms with Crippen LogP contribution in [0.2, 0.25) is 0 Å². The van der Waals surface area contributed by atoms with Crippen molar-refractivity contribution in [1.29, 1.82) is 0 Å². The summed E-state index contributed by atoms with van der Waals surface area (Å²) in [6.07, 6.45) is -4.27. The van der Waals surface area contributed by atoms with Crippen molar-refractivity contribution >= 4 is 5.69 Å². The zero-order chi connectivity index (χ0) is 14.1. The van der Waals surface area contributed by atoms with Crippen LogP contribution >= 0.6 is 0 Å². The summed E-state index contributed by atoms with van der Waals surface area (Å²) >= 11 is 0. The summed E-state index contributed by atoms with van der Waals surface area (Å²) in [5.74, 6) is 0. The minimum absolute atomic E-state index is 0.131. The molecular formula is C14H20F3N. The predicted octanol–water partition coefficient (Wildman–Crippen LogP) is 4.72. The van der Waals surface area contributed by atoms with Crippen LogP contribution in [0.3, 0.4) is 0 Å². The summed E-state index contributed by atoms with van der Waals surface area (Å²) in [5.41, 5.74) is 0.0721. The molecule has 0 saturated heterocycles. The Morgan fingerprint density at radius 2 is 1.39 bits per heavy atom. The Hall–Kier alpha value is -1.19. The molecule has 0 radical (unpaired) electrons. The third-order valence-electron chi connectivity index (χ3n) is 2.71. The minimum Gasteiger partial charge on any atom is -0.364 e. The third kappa shape index (κ3) is 3.40. The summed E-state index contributed by atoms with van der Waals surface area (Å²) in [6, 6.07) is 5.57. The topological polar surface area (TPSA) is 3.24 Å².